The van der Waals surface area contributed by atoms with Gasteiger partial charge in [-0.05, 0) is 29.7 Å². The summed E-state index contributed by atoms with van der Waals surface area (Å²) < 4.78 is 11.4. The molecule has 0 spiro atoms. The lowest BCUT2D eigenvalue weighted by Crippen LogP contribution is -2.33. The summed E-state index contributed by atoms with van der Waals surface area (Å²) >= 11 is 0. The number of esters is 1. The predicted molar refractivity (Wildman–Crippen MR) is 99.6 cm³/mol. The van der Waals surface area contributed by atoms with Crippen molar-refractivity contribution in [3.63, 3.8) is 0 Å². The summed E-state index contributed by atoms with van der Waals surface area (Å²) in [6, 6.07) is 9.88. The second-order valence-electron chi connectivity index (χ2n) is 8.09. The molecule has 0 amide bonds. The van der Waals surface area contributed by atoms with E-state index in [4.69, 9.17) is 14.3 Å². The number of benzene rings is 1. The van der Waals surface area contributed by atoms with E-state index >= 15 is 0 Å². The third-order valence-electron chi connectivity index (χ3n) is 5.22. The molecule has 0 saturated heterocycles. The highest BCUT2D eigenvalue weighted by Crippen LogP contribution is 2.46. The van der Waals surface area contributed by atoms with Crippen LogP contribution in [-0.2, 0) is 14.3 Å². The Morgan fingerprint density at radius 2 is 1.79 bits per heavy atom. The summed E-state index contributed by atoms with van der Waals surface area (Å²) in [4.78, 5) is 35.9. The molecule has 1 aliphatic heterocycles. The van der Waals surface area contributed by atoms with E-state index in [1.165, 1.54) is 12.1 Å². The summed E-state index contributed by atoms with van der Waals surface area (Å²) in [5.41, 5.74) is 1.22. The monoisotopic (exact) mass is 380 g/mol. The van der Waals surface area contributed by atoms with Gasteiger partial charge in [-0.25, -0.2) is 4.79 Å². The van der Waals surface area contributed by atoms with E-state index in [-0.39, 0.29) is 29.2 Å². The van der Waals surface area contributed by atoms with Crippen LogP contribution in [0.25, 0.3) is 11.3 Å². The number of hydrogen-bond donors (Lipinski definition) is 1. The molecule has 2 aliphatic rings. The van der Waals surface area contributed by atoms with Gasteiger partial charge in [0.25, 0.3) is 0 Å². The van der Waals surface area contributed by atoms with E-state index < -0.39 is 11.9 Å². The normalized spacial score (nSPS) is 21.3. The Morgan fingerprint density at radius 3 is 2.46 bits per heavy atom. The highest BCUT2D eigenvalue weighted by atomic mass is 16.5. The molecule has 1 aliphatic carbocycles. The Kier molecular flexibility index (Phi) is 4.22. The van der Waals surface area contributed by atoms with Gasteiger partial charge in [0.05, 0.1) is 17.9 Å². The average Bonchev–Trinajstić information content (AvgIpc) is 3.09. The van der Waals surface area contributed by atoms with Crippen molar-refractivity contribution in [2.24, 2.45) is 5.41 Å². The number of rotatable bonds is 3. The standard InChI is InChI=1S/C22H20O6/c1-22(2)10-15(23)20-14(9-19(24)28-18(20)11-22)17-8-7-16(27-17)12-3-5-13(6-4-12)21(25)26/h3-8,14H,9-11H2,1-2H3,(H,25,26). The molecule has 4 rings (SSSR count). The molecule has 28 heavy (non-hydrogen) atoms. The van der Waals surface area contributed by atoms with Crippen molar-refractivity contribution in [2.75, 3.05) is 0 Å². The second-order valence-corrected chi connectivity index (χ2v) is 8.09. The molecule has 6 nitrogen and oxygen atoms in total. The molecule has 0 radical (unpaired) electrons. The average molecular weight is 380 g/mol. The van der Waals surface area contributed by atoms with Crippen molar-refractivity contribution in [1.29, 1.82) is 0 Å². The fraction of sp³-hybridized carbons (Fsp3) is 0.318. The first kappa shape index (κ1) is 18.2. The molecule has 2 heterocycles. The lowest BCUT2D eigenvalue weighted by Gasteiger charge is -2.35. The predicted octanol–water partition coefficient (Wildman–Crippen LogP) is 4.32. The van der Waals surface area contributed by atoms with Crippen LogP contribution >= 0.6 is 0 Å². The zero-order chi connectivity index (χ0) is 20.1. The second kappa shape index (κ2) is 6.48. The van der Waals surface area contributed by atoms with Crippen molar-refractivity contribution in [3.8, 4) is 11.3 Å². The molecule has 1 unspecified atom stereocenters. The van der Waals surface area contributed by atoms with Gasteiger partial charge in [0, 0.05) is 24.0 Å². The van der Waals surface area contributed by atoms with E-state index in [1.807, 2.05) is 13.8 Å². The molecular weight excluding hydrogens is 360 g/mol. The SMILES string of the molecule is CC1(C)CC(=O)C2=C(C1)OC(=O)CC2c1ccc(-c2ccc(C(=O)O)cc2)o1. The number of allylic oxidation sites excluding steroid dienone is 2. The number of carboxylic acid groups (broad SMARTS) is 1. The van der Waals surface area contributed by atoms with E-state index in [9.17, 15) is 14.4 Å². The molecule has 0 bridgehead atoms. The summed E-state index contributed by atoms with van der Waals surface area (Å²) in [6.07, 6.45) is 1.01. The van der Waals surface area contributed by atoms with Gasteiger partial charge in [0.15, 0.2) is 5.78 Å². The van der Waals surface area contributed by atoms with Crippen LogP contribution in [0.2, 0.25) is 0 Å². The first-order valence-electron chi connectivity index (χ1n) is 9.14. The zero-order valence-electron chi connectivity index (χ0n) is 15.7. The van der Waals surface area contributed by atoms with Gasteiger partial charge in [0.2, 0.25) is 0 Å². The summed E-state index contributed by atoms with van der Waals surface area (Å²) in [5.74, 6) is -0.264. The van der Waals surface area contributed by atoms with Gasteiger partial charge in [0.1, 0.15) is 17.3 Å². The minimum atomic E-state index is -0.995. The topological polar surface area (TPSA) is 93.8 Å². The maximum atomic E-state index is 12.8. The number of ether oxygens (including phenoxy) is 1. The van der Waals surface area contributed by atoms with Crippen LogP contribution in [-0.4, -0.2) is 22.8 Å². The fourth-order valence-electron chi connectivity index (χ4n) is 3.92. The van der Waals surface area contributed by atoms with Crippen LogP contribution in [0.15, 0.2) is 52.1 Å². The van der Waals surface area contributed by atoms with Crippen molar-refractivity contribution >= 4 is 17.7 Å². The molecule has 1 atom stereocenters. The molecule has 144 valence electrons. The fourth-order valence-corrected chi connectivity index (χ4v) is 3.92. The van der Waals surface area contributed by atoms with Crippen LogP contribution in [0, 0.1) is 5.41 Å². The van der Waals surface area contributed by atoms with Gasteiger partial charge in [-0.2, -0.15) is 0 Å². The molecule has 1 aromatic heterocycles. The number of carbonyl (C=O) groups is 3. The molecule has 1 N–H and O–H groups in total. The molecule has 2 aromatic rings. The van der Waals surface area contributed by atoms with E-state index in [0.717, 1.165) is 5.56 Å². The Balaban J connectivity index is 1.68. The quantitative estimate of drug-likeness (QED) is 0.797. The number of carboxylic acids is 1. The molecule has 0 saturated carbocycles. The lowest BCUT2D eigenvalue weighted by molar-refractivity contribution is -0.142. The maximum Gasteiger partial charge on any atom is 0.335 e. The molecule has 1 aromatic carbocycles. The van der Waals surface area contributed by atoms with Crippen molar-refractivity contribution < 1.29 is 28.6 Å². The van der Waals surface area contributed by atoms with E-state index in [1.54, 1.807) is 24.3 Å². The number of furan rings is 1. The first-order chi connectivity index (χ1) is 13.2. The number of hydrogen-bond acceptors (Lipinski definition) is 5. The Hall–Kier alpha value is -3.15. The Labute approximate surface area is 161 Å². The third-order valence-corrected chi connectivity index (χ3v) is 5.22. The first-order valence-corrected chi connectivity index (χ1v) is 9.14. The van der Waals surface area contributed by atoms with E-state index in [0.29, 0.717) is 35.7 Å². The lowest BCUT2D eigenvalue weighted by atomic mass is 9.72. The van der Waals surface area contributed by atoms with Crippen LogP contribution < -0.4 is 0 Å². The van der Waals surface area contributed by atoms with Crippen LogP contribution in [0.4, 0.5) is 0 Å². The molecule has 0 fully saturated rings. The van der Waals surface area contributed by atoms with Gasteiger partial charge < -0.3 is 14.3 Å². The molecular formula is C22H20O6. The minimum Gasteiger partial charge on any atom is -0.478 e. The zero-order valence-corrected chi connectivity index (χ0v) is 15.7. The van der Waals surface area contributed by atoms with E-state index in [2.05, 4.69) is 0 Å². The Bertz CT molecular complexity index is 1010. The highest BCUT2D eigenvalue weighted by molar-refractivity contribution is 6.00. The van der Waals surface area contributed by atoms with Gasteiger partial charge >= 0.3 is 11.9 Å². The van der Waals surface area contributed by atoms with Crippen LogP contribution in [0.1, 0.15) is 55.1 Å². The Morgan fingerprint density at radius 1 is 1.07 bits per heavy atom. The number of carbonyl (C=O) groups excluding carboxylic acids is 2. The van der Waals surface area contributed by atoms with Crippen molar-refractivity contribution in [2.45, 2.75) is 39.0 Å². The van der Waals surface area contributed by atoms with Crippen LogP contribution in [0.5, 0.6) is 0 Å². The van der Waals surface area contributed by atoms with Gasteiger partial charge in [-0.3, -0.25) is 9.59 Å². The van der Waals surface area contributed by atoms with Gasteiger partial charge in [-0.15, -0.1) is 0 Å². The van der Waals surface area contributed by atoms with Crippen molar-refractivity contribution in [3.05, 3.63) is 59.1 Å². The third kappa shape index (κ3) is 3.26. The minimum absolute atomic E-state index is 0.00693. The highest BCUT2D eigenvalue weighted by Gasteiger charge is 2.43. The summed E-state index contributed by atoms with van der Waals surface area (Å²) in [5, 5.41) is 9.01. The summed E-state index contributed by atoms with van der Waals surface area (Å²) in [7, 11) is 0. The smallest absolute Gasteiger partial charge is 0.335 e. The van der Waals surface area contributed by atoms with Crippen LogP contribution in [0.3, 0.4) is 0 Å². The number of ketones is 1. The summed E-state index contributed by atoms with van der Waals surface area (Å²) in [6.45, 7) is 3.97. The number of Topliss-reactive ketones (excluding diaryl/α,β-unsaturated/α-hetero) is 1. The molecule has 6 heteroatoms. The largest absolute Gasteiger partial charge is 0.478 e. The van der Waals surface area contributed by atoms with Gasteiger partial charge in [-0.1, -0.05) is 26.0 Å². The maximum absolute atomic E-state index is 12.8. The number of aromatic carboxylic acids is 1. The van der Waals surface area contributed by atoms with Crippen molar-refractivity contribution in [1.82, 2.24) is 0 Å².